The first-order valence-electron chi connectivity index (χ1n) is 9.12. The van der Waals surface area contributed by atoms with Crippen LogP contribution in [-0.2, 0) is 25.6 Å². The molecule has 0 spiro atoms. The third-order valence-corrected chi connectivity index (χ3v) is 4.83. The highest BCUT2D eigenvalue weighted by Crippen LogP contribution is 2.35. The lowest BCUT2D eigenvalue weighted by Gasteiger charge is -2.22. The summed E-state index contributed by atoms with van der Waals surface area (Å²) in [5, 5.41) is 10.7. The SMILES string of the molecule is O=C(Oc1ccc([N+](=O)[O-])cc1)O[C@H]1CO[C@H]2OC[C@H](OCc3ccccc3)[C@H]21. The van der Waals surface area contributed by atoms with Gasteiger partial charge in [-0.3, -0.25) is 10.1 Å². The molecule has 2 aromatic carbocycles. The van der Waals surface area contributed by atoms with Gasteiger partial charge in [-0.05, 0) is 17.7 Å². The summed E-state index contributed by atoms with van der Waals surface area (Å²) in [6, 6.07) is 14.9. The van der Waals surface area contributed by atoms with Crippen LogP contribution in [0.3, 0.4) is 0 Å². The van der Waals surface area contributed by atoms with Crippen LogP contribution in [0.4, 0.5) is 10.5 Å². The minimum absolute atomic E-state index is 0.0979. The molecule has 2 aliphatic heterocycles. The molecule has 2 aromatic rings. The van der Waals surface area contributed by atoms with Crippen LogP contribution in [0.2, 0.25) is 0 Å². The van der Waals surface area contributed by atoms with Gasteiger partial charge in [0.2, 0.25) is 0 Å². The average molecular weight is 401 g/mol. The Morgan fingerprint density at radius 1 is 1.03 bits per heavy atom. The number of carbonyl (C=O) groups excluding carboxylic acids is 1. The van der Waals surface area contributed by atoms with Crippen molar-refractivity contribution in [2.24, 2.45) is 5.92 Å². The van der Waals surface area contributed by atoms with Crippen LogP contribution in [0.25, 0.3) is 0 Å². The standard InChI is InChI=1S/C20H19NO8/c22-20(28-15-8-6-14(7-9-15)21(23)24)29-17-12-27-19-18(17)16(11-26-19)25-10-13-4-2-1-3-5-13/h1-9,16-19H,10-12H2/t16-,17-,18-,19+/m0/s1. The molecule has 4 rings (SSSR count). The second-order valence-corrected chi connectivity index (χ2v) is 6.71. The van der Waals surface area contributed by atoms with Crippen molar-refractivity contribution in [1.82, 2.24) is 0 Å². The van der Waals surface area contributed by atoms with Gasteiger partial charge in [0.05, 0.1) is 36.8 Å². The van der Waals surface area contributed by atoms with Gasteiger partial charge < -0.3 is 23.7 Å². The molecule has 152 valence electrons. The number of hydrogen-bond acceptors (Lipinski definition) is 8. The van der Waals surface area contributed by atoms with Crippen molar-refractivity contribution in [2.45, 2.75) is 25.1 Å². The van der Waals surface area contributed by atoms with Gasteiger partial charge in [0, 0.05) is 12.1 Å². The van der Waals surface area contributed by atoms with Gasteiger partial charge in [0.25, 0.3) is 5.69 Å². The van der Waals surface area contributed by atoms with Crippen molar-refractivity contribution < 1.29 is 33.4 Å². The number of non-ortho nitro benzene ring substituents is 1. The average Bonchev–Trinajstić information content (AvgIpc) is 3.31. The molecule has 0 aliphatic carbocycles. The van der Waals surface area contributed by atoms with E-state index in [1.54, 1.807) is 0 Å². The zero-order valence-corrected chi connectivity index (χ0v) is 15.3. The maximum absolute atomic E-state index is 12.1. The highest BCUT2D eigenvalue weighted by molar-refractivity contribution is 5.64. The Morgan fingerprint density at radius 3 is 2.41 bits per heavy atom. The summed E-state index contributed by atoms with van der Waals surface area (Å²) in [7, 11) is 0. The number of rotatable bonds is 6. The molecular formula is C20H19NO8. The van der Waals surface area contributed by atoms with E-state index in [9.17, 15) is 14.9 Å². The predicted molar refractivity (Wildman–Crippen MR) is 98.2 cm³/mol. The summed E-state index contributed by atoms with van der Waals surface area (Å²) in [6.45, 7) is 0.938. The highest BCUT2D eigenvalue weighted by atomic mass is 16.8. The first kappa shape index (κ1) is 19.3. The molecule has 0 radical (unpaired) electrons. The second kappa shape index (κ2) is 8.56. The molecule has 29 heavy (non-hydrogen) atoms. The van der Waals surface area contributed by atoms with Gasteiger partial charge in [-0.1, -0.05) is 30.3 Å². The number of ether oxygens (including phenoxy) is 5. The Hall–Kier alpha value is -3.01. The van der Waals surface area contributed by atoms with Crippen molar-refractivity contribution in [1.29, 1.82) is 0 Å². The fourth-order valence-electron chi connectivity index (χ4n) is 3.39. The molecule has 0 unspecified atom stereocenters. The van der Waals surface area contributed by atoms with Gasteiger partial charge in [-0.15, -0.1) is 0 Å². The van der Waals surface area contributed by atoms with Crippen molar-refractivity contribution in [3.63, 3.8) is 0 Å². The van der Waals surface area contributed by atoms with Crippen molar-refractivity contribution in [3.8, 4) is 5.75 Å². The van der Waals surface area contributed by atoms with Crippen LogP contribution in [0, 0.1) is 16.0 Å². The summed E-state index contributed by atoms with van der Waals surface area (Å²) in [5.74, 6) is -0.112. The first-order chi connectivity index (χ1) is 14.1. The molecule has 0 saturated carbocycles. The molecule has 0 amide bonds. The molecule has 4 atom stereocenters. The fourth-order valence-corrected chi connectivity index (χ4v) is 3.39. The predicted octanol–water partition coefficient (Wildman–Crippen LogP) is 3.07. The summed E-state index contributed by atoms with van der Waals surface area (Å²) in [5.41, 5.74) is 0.934. The lowest BCUT2D eigenvalue weighted by Crippen LogP contribution is -2.36. The molecule has 2 heterocycles. The largest absolute Gasteiger partial charge is 0.514 e. The fraction of sp³-hybridized carbons (Fsp3) is 0.350. The molecule has 2 saturated heterocycles. The molecule has 2 fully saturated rings. The zero-order valence-electron chi connectivity index (χ0n) is 15.3. The van der Waals surface area contributed by atoms with E-state index in [4.69, 9.17) is 23.7 Å². The molecule has 0 aromatic heterocycles. The van der Waals surface area contributed by atoms with E-state index in [1.165, 1.54) is 24.3 Å². The minimum atomic E-state index is -0.915. The van der Waals surface area contributed by atoms with Gasteiger partial charge in [-0.2, -0.15) is 0 Å². The molecule has 0 N–H and O–H groups in total. The van der Waals surface area contributed by atoms with E-state index >= 15 is 0 Å². The normalized spacial score (nSPS) is 25.4. The molecule has 9 heteroatoms. The van der Waals surface area contributed by atoms with Crippen LogP contribution < -0.4 is 4.74 Å². The van der Waals surface area contributed by atoms with E-state index in [0.29, 0.717) is 13.2 Å². The minimum Gasteiger partial charge on any atom is -0.428 e. The van der Waals surface area contributed by atoms with Gasteiger partial charge >= 0.3 is 6.16 Å². The Morgan fingerprint density at radius 2 is 1.72 bits per heavy atom. The second-order valence-electron chi connectivity index (χ2n) is 6.71. The number of fused-ring (bicyclic) bond motifs is 1. The van der Waals surface area contributed by atoms with E-state index in [1.807, 2.05) is 30.3 Å². The lowest BCUT2D eigenvalue weighted by molar-refractivity contribution is -0.384. The van der Waals surface area contributed by atoms with Gasteiger partial charge in [-0.25, -0.2) is 4.79 Å². The first-order valence-corrected chi connectivity index (χ1v) is 9.12. The van der Waals surface area contributed by atoms with Crippen molar-refractivity contribution >= 4 is 11.8 Å². The van der Waals surface area contributed by atoms with Gasteiger partial charge in [0.15, 0.2) is 6.29 Å². The Labute approximate surface area is 166 Å². The van der Waals surface area contributed by atoms with E-state index in [0.717, 1.165) is 5.56 Å². The van der Waals surface area contributed by atoms with E-state index in [2.05, 4.69) is 0 Å². The molecular weight excluding hydrogens is 382 g/mol. The smallest absolute Gasteiger partial charge is 0.428 e. The third-order valence-electron chi connectivity index (χ3n) is 4.83. The highest BCUT2D eigenvalue weighted by Gasteiger charge is 2.50. The summed E-state index contributed by atoms with van der Waals surface area (Å²) in [4.78, 5) is 22.3. The van der Waals surface area contributed by atoms with Crippen LogP contribution in [0.15, 0.2) is 54.6 Å². The number of hydrogen-bond donors (Lipinski definition) is 0. The maximum atomic E-state index is 12.1. The van der Waals surface area contributed by atoms with Crippen LogP contribution >= 0.6 is 0 Å². The Bertz CT molecular complexity index is 857. The lowest BCUT2D eigenvalue weighted by atomic mass is 10.00. The van der Waals surface area contributed by atoms with Crippen molar-refractivity contribution in [3.05, 3.63) is 70.3 Å². The molecule has 2 aliphatic rings. The number of benzene rings is 2. The zero-order chi connectivity index (χ0) is 20.2. The van der Waals surface area contributed by atoms with Gasteiger partial charge in [0.1, 0.15) is 11.9 Å². The topological polar surface area (TPSA) is 106 Å². The van der Waals surface area contributed by atoms with Crippen LogP contribution in [0.5, 0.6) is 5.75 Å². The van der Waals surface area contributed by atoms with E-state index in [-0.39, 0.29) is 30.1 Å². The van der Waals surface area contributed by atoms with Crippen LogP contribution in [-0.4, -0.2) is 42.8 Å². The van der Waals surface area contributed by atoms with Crippen LogP contribution in [0.1, 0.15) is 5.56 Å². The number of nitro groups is 1. The van der Waals surface area contributed by atoms with Crippen molar-refractivity contribution in [2.75, 3.05) is 13.2 Å². The monoisotopic (exact) mass is 401 g/mol. The summed E-state index contributed by atoms with van der Waals surface area (Å²) in [6.07, 6.45) is -2.26. The Kier molecular flexibility index (Phi) is 5.70. The number of nitro benzene ring substituents is 1. The maximum Gasteiger partial charge on any atom is 0.514 e. The Balaban J connectivity index is 1.33. The van der Waals surface area contributed by atoms with E-state index < -0.39 is 23.5 Å². The quantitative estimate of drug-likeness (QED) is 0.315. The third kappa shape index (κ3) is 4.53. The number of carbonyl (C=O) groups is 1. The summed E-state index contributed by atoms with van der Waals surface area (Å²) < 4.78 is 27.6. The summed E-state index contributed by atoms with van der Waals surface area (Å²) >= 11 is 0. The number of nitrogens with zero attached hydrogens (tertiary/aromatic N) is 1. The molecule has 0 bridgehead atoms. The molecule has 9 nitrogen and oxygen atoms in total.